The number of carboxylic acids is 1. The summed E-state index contributed by atoms with van der Waals surface area (Å²) in [6.45, 7) is 1.57. The number of hydrogen-bond acceptors (Lipinski definition) is 4. The SMILES string of the molecule is CC(Cc1ccccc1F)NS(=O)(=O)c1cnccc1C(=O)O. The molecule has 0 saturated carbocycles. The molecule has 1 heterocycles. The van der Waals surface area contributed by atoms with Crippen molar-refractivity contribution in [2.75, 3.05) is 0 Å². The summed E-state index contributed by atoms with van der Waals surface area (Å²) in [6, 6.07) is 6.54. The third-order valence-corrected chi connectivity index (χ3v) is 4.76. The predicted molar refractivity (Wildman–Crippen MR) is 81.1 cm³/mol. The van der Waals surface area contributed by atoms with Gasteiger partial charge >= 0.3 is 5.97 Å². The van der Waals surface area contributed by atoms with Crippen LogP contribution in [0.4, 0.5) is 4.39 Å². The molecule has 2 aromatic rings. The Balaban J connectivity index is 2.22. The van der Waals surface area contributed by atoms with Gasteiger partial charge in [-0.2, -0.15) is 0 Å². The van der Waals surface area contributed by atoms with Gasteiger partial charge in [-0.05, 0) is 31.0 Å². The number of rotatable bonds is 6. The zero-order chi connectivity index (χ0) is 17.0. The number of nitrogens with one attached hydrogen (secondary N) is 1. The van der Waals surface area contributed by atoms with E-state index in [-0.39, 0.29) is 12.0 Å². The summed E-state index contributed by atoms with van der Waals surface area (Å²) in [5.41, 5.74) is -0.00191. The highest BCUT2D eigenvalue weighted by Crippen LogP contribution is 2.16. The van der Waals surface area contributed by atoms with Gasteiger partial charge in [0.15, 0.2) is 0 Å². The Morgan fingerprint density at radius 2 is 2.04 bits per heavy atom. The fourth-order valence-corrected chi connectivity index (χ4v) is 3.52. The van der Waals surface area contributed by atoms with Crippen molar-refractivity contribution in [3.63, 3.8) is 0 Å². The molecule has 1 aromatic heterocycles. The zero-order valence-corrected chi connectivity index (χ0v) is 13.0. The van der Waals surface area contributed by atoms with Crippen LogP contribution in [0.3, 0.4) is 0 Å². The Morgan fingerprint density at radius 3 is 2.70 bits per heavy atom. The predicted octanol–water partition coefficient (Wildman–Crippen LogP) is 1.83. The summed E-state index contributed by atoms with van der Waals surface area (Å²) < 4.78 is 40.6. The van der Waals surface area contributed by atoms with Crippen molar-refractivity contribution in [1.29, 1.82) is 0 Å². The van der Waals surface area contributed by atoms with E-state index in [0.717, 1.165) is 12.3 Å². The monoisotopic (exact) mass is 338 g/mol. The molecule has 0 amide bonds. The number of aromatic nitrogens is 1. The summed E-state index contributed by atoms with van der Waals surface area (Å²) in [7, 11) is -4.08. The van der Waals surface area contributed by atoms with Crippen LogP contribution in [0.5, 0.6) is 0 Å². The van der Waals surface area contributed by atoms with Gasteiger partial charge in [-0.25, -0.2) is 22.3 Å². The summed E-state index contributed by atoms with van der Waals surface area (Å²) >= 11 is 0. The molecule has 2 rings (SSSR count). The van der Waals surface area contributed by atoms with Gasteiger partial charge in [0, 0.05) is 18.4 Å². The summed E-state index contributed by atoms with van der Waals surface area (Å²) in [6.07, 6.45) is 2.31. The minimum Gasteiger partial charge on any atom is -0.478 e. The van der Waals surface area contributed by atoms with Crippen molar-refractivity contribution in [2.24, 2.45) is 0 Å². The molecule has 2 N–H and O–H groups in total. The maximum Gasteiger partial charge on any atom is 0.337 e. The molecule has 1 atom stereocenters. The topological polar surface area (TPSA) is 96.4 Å². The summed E-state index contributed by atoms with van der Waals surface area (Å²) in [5, 5.41) is 9.07. The number of sulfonamides is 1. The molecule has 0 aliphatic carbocycles. The molecule has 0 aliphatic heterocycles. The van der Waals surface area contributed by atoms with E-state index in [1.165, 1.54) is 12.3 Å². The van der Waals surface area contributed by atoms with Crippen LogP contribution in [0.15, 0.2) is 47.6 Å². The average molecular weight is 338 g/mol. The molecule has 1 unspecified atom stereocenters. The maximum absolute atomic E-state index is 13.6. The second-order valence-corrected chi connectivity index (χ2v) is 6.68. The molecule has 8 heteroatoms. The average Bonchev–Trinajstić information content (AvgIpc) is 2.49. The Bertz CT molecular complexity index is 824. The molecule has 0 aliphatic rings. The van der Waals surface area contributed by atoms with E-state index in [2.05, 4.69) is 9.71 Å². The highest BCUT2D eigenvalue weighted by atomic mass is 32.2. The molecular formula is C15H15FN2O4S. The van der Waals surface area contributed by atoms with Crippen LogP contribution in [0.25, 0.3) is 0 Å². The molecule has 122 valence electrons. The Hall–Kier alpha value is -2.32. The molecule has 0 saturated heterocycles. The van der Waals surface area contributed by atoms with Gasteiger partial charge in [-0.15, -0.1) is 0 Å². The van der Waals surface area contributed by atoms with E-state index in [4.69, 9.17) is 5.11 Å². The number of carboxylic acid groups (broad SMARTS) is 1. The quantitative estimate of drug-likeness (QED) is 0.837. The summed E-state index contributed by atoms with van der Waals surface area (Å²) in [4.78, 5) is 14.4. The van der Waals surface area contributed by atoms with Crippen LogP contribution in [0.1, 0.15) is 22.8 Å². The Labute approximate surface area is 133 Å². The minimum absolute atomic E-state index is 0.134. The zero-order valence-electron chi connectivity index (χ0n) is 12.2. The van der Waals surface area contributed by atoms with Gasteiger partial charge in [-0.1, -0.05) is 18.2 Å². The lowest BCUT2D eigenvalue weighted by atomic mass is 10.1. The lowest BCUT2D eigenvalue weighted by Crippen LogP contribution is -2.35. The van der Waals surface area contributed by atoms with E-state index in [9.17, 15) is 17.6 Å². The van der Waals surface area contributed by atoms with Crippen molar-refractivity contribution in [3.8, 4) is 0 Å². The van der Waals surface area contributed by atoms with E-state index in [0.29, 0.717) is 5.56 Å². The van der Waals surface area contributed by atoms with Crippen molar-refractivity contribution >= 4 is 16.0 Å². The van der Waals surface area contributed by atoms with Crippen LogP contribution < -0.4 is 4.72 Å². The van der Waals surface area contributed by atoms with Crippen molar-refractivity contribution in [3.05, 3.63) is 59.7 Å². The van der Waals surface area contributed by atoms with Gasteiger partial charge in [0.2, 0.25) is 10.0 Å². The number of nitrogens with zero attached hydrogens (tertiary/aromatic N) is 1. The molecule has 1 aromatic carbocycles. The van der Waals surface area contributed by atoms with Crippen molar-refractivity contribution in [2.45, 2.75) is 24.3 Å². The molecule has 0 radical (unpaired) electrons. The highest BCUT2D eigenvalue weighted by Gasteiger charge is 2.24. The number of benzene rings is 1. The number of halogens is 1. The van der Waals surface area contributed by atoms with E-state index < -0.39 is 32.7 Å². The third kappa shape index (κ3) is 4.11. The van der Waals surface area contributed by atoms with Gasteiger partial charge in [0.1, 0.15) is 10.7 Å². The third-order valence-electron chi connectivity index (χ3n) is 3.14. The van der Waals surface area contributed by atoms with Crippen LogP contribution >= 0.6 is 0 Å². The first-order valence-electron chi connectivity index (χ1n) is 6.74. The van der Waals surface area contributed by atoms with Gasteiger partial charge in [0.25, 0.3) is 0 Å². The number of hydrogen-bond donors (Lipinski definition) is 2. The molecule has 0 bridgehead atoms. The Morgan fingerprint density at radius 1 is 1.35 bits per heavy atom. The van der Waals surface area contributed by atoms with Crippen molar-refractivity contribution in [1.82, 2.24) is 9.71 Å². The molecule has 0 fully saturated rings. The Kier molecular flexibility index (Phi) is 5.07. The van der Waals surface area contributed by atoms with E-state index in [1.54, 1.807) is 25.1 Å². The minimum atomic E-state index is -4.08. The molecule has 6 nitrogen and oxygen atoms in total. The van der Waals surface area contributed by atoms with Crippen LogP contribution in [-0.4, -0.2) is 30.5 Å². The first-order chi connectivity index (χ1) is 10.8. The molecule has 23 heavy (non-hydrogen) atoms. The smallest absolute Gasteiger partial charge is 0.337 e. The maximum atomic E-state index is 13.6. The standard InChI is InChI=1S/C15H15FN2O4S/c1-10(8-11-4-2-3-5-13(11)16)18-23(21,22)14-9-17-7-6-12(14)15(19)20/h2-7,9-10,18H,8H2,1H3,(H,19,20). The normalized spacial score (nSPS) is 12.8. The van der Waals surface area contributed by atoms with Crippen LogP contribution in [0.2, 0.25) is 0 Å². The van der Waals surface area contributed by atoms with E-state index in [1.807, 2.05) is 0 Å². The van der Waals surface area contributed by atoms with Gasteiger partial charge in [-0.3, -0.25) is 4.98 Å². The number of carbonyl (C=O) groups is 1. The largest absolute Gasteiger partial charge is 0.478 e. The van der Waals surface area contributed by atoms with Crippen LogP contribution in [0, 0.1) is 5.82 Å². The molecule has 0 spiro atoms. The van der Waals surface area contributed by atoms with Gasteiger partial charge < -0.3 is 5.11 Å². The molecular weight excluding hydrogens is 323 g/mol. The lowest BCUT2D eigenvalue weighted by molar-refractivity contribution is 0.0692. The van der Waals surface area contributed by atoms with Crippen molar-refractivity contribution < 1.29 is 22.7 Å². The number of aromatic carboxylic acids is 1. The fourth-order valence-electron chi connectivity index (χ4n) is 2.13. The van der Waals surface area contributed by atoms with Crippen LogP contribution in [-0.2, 0) is 16.4 Å². The highest BCUT2D eigenvalue weighted by molar-refractivity contribution is 7.89. The lowest BCUT2D eigenvalue weighted by Gasteiger charge is -2.15. The first kappa shape index (κ1) is 17.0. The van der Waals surface area contributed by atoms with Gasteiger partial charge in [0.05, 0.1) is 5.56 Å². The second kappa shape index (κ2) is 6.84. The fraction of sp³-hybridized carbons (Fsp3) is 0.200. The summed E-state index contributed by atoms with van der Waals surface area (Å²) in [5.74, 6) is -1.79. The van der Waals surface area contributed by atoms with E-state index >= 15 is 0 Å². The second-order valence-electron chi connectivity index (χ2n) is 4.99. The number of pyridine rings is 1. The first-order valence-corrected chi connectivity index (χ1v) is 8.22.